The van der Waals surface area contributed by atoms with E-state index in [1.54, 1.807) is 6.07 Å². The monoisotopic (exact) mass is 474 g/mol. The van der Waals surface area contributed by atoms with Crippen LogP contribution in [0.4, 0.5) is 17.1 Å². The second-order valence-corrected chi connectivity index (χ2v) is 9.53. The van der Waals surface area contributed by atoms with Gasteiger partial charge in [-0.3, -0.25) is 4.18 Å². The van der Waals surface area contributed by atoms with Crippen LogP contribution in [0.15, 0.2) is 70.9 Å². The lowest BCUT2D eigenvalue weighted by Crippen LogP contribution is -2.41. The van der Waals surface area contributed by atoms with Crippen LogP contribution < -0.4 is 4.90 Å². The predicted molar refractivity (Wildman–Crippen MR) is 129 cm³/mol. The normalized spacial score (nSPS) is 11.9. The summed E-state index contributed by atoms with van der Waals surface area (Å²) in [7, 11) is 5.08. The minimum Gasteiger partial charge on any atom is -0.726 e. The van der Waals surface area contributed by atoms with Gasteiger partial charge in [-0.2, -0.15) is 5.11 Å². The van der Waals surface area contributed by atoms with E-state index in [4.69, 9.17) is 0 Å². The summed E-state index contributed by atoms with van der Waals surface area (Å²) >= 11 is 0. The van der Waals surface area contributed by atoms with Gasteiger partial charge in [-0.05, 0) is 35.7 Å². The Morgan fingerprint density at radius 3 is 2.18 bits per heavy atom. The van der Waals surface area contributed by atoms with E-state index >= 15 is 0 Å². The van der Waals surface area contributed by atoms with Gasteiger partial charge in [-0.25, -0.2) is 8.42 Å². The van der Waals surface area contributed by atoms with Gasteiger partial charge in [0.15, 0.2) is 0 Å². The van der Waals surface area contributed by atoms with Gasteiger partial charge in [0.05, 0.1) is 47.0 Å². The Morgan fingerprint density at radius 1 is 1.00 bits per heavy atom. The fourth-order valence-corrected chi connectivity index (χ4v) is 2.81. The van der Waals surface area contributed by atoms with E-state index in [1.165, 1.54) is 0 Å². The van der Waals surface area contributed by atoms with Crippen LogP contribution in [0.3, 0.4) is 0 Å². The Balaban J connectivity index is 0.000000569. The van der Waals surface area contributed by atoms with E-state index in [1.807, 2.05) is 54.6 Å². The third-order valence-electron chi connectivity index (χ3n) is 4.75. The lowest BCUT2D eigenvalue weighted by atomic mass is 10.1. The highest BCUT2D eigenvalue weighted by Gasteiger charge is 2.10. The molecular weight excluding hydrogens is 444 g/mol. The van der Waals surface area contributed by atoms with Crippen LogP contribution in [0, 0.1) is 0 Å². The molecule has 0 saturated heterocycles. The van der Waals surface area contributed by atoms with Gasteiger partial charge >= 0.3 is 0 Å². The Morgan fingerprint density at radius 2 is 1.61 bits per heavy atom. The van der Waals surface area contributed by atoms with Crippen molar-refractivity contribution in [3.8, 4) is 5.75 Å². The molecule has 0 heterocycles. The summed E-state index contributed by atoms with van der Waals surface area (Å²) in [5, 5.41) is 20.7. The van der Waals surface area contributed by atoms with Crippen LogP contribution in [-0.4, -0.2) is 71.0 Å². The highest BCUT2D eigenvalue weighted by Crippen LogP contribution is 2.36. The van der Waals surface area contributed by atoms with Crippen molar-refractivity contribution in [1.82, 2.24) is 0 Å². The molecule has 0 aliphatic heterocycles. The molecule has 0 aliphatic carbocycles. The molecule has 0 fully saturated rings. The molecule has 0 atom stereocenters. The van der Waals surface area contributed by atoms with Gasteiger partial charge in [0.1, 0.15) is 11.4 Å². The molecule has 0 aromatic heterocycles. The van der Waals surface area contributed by atoms with E-state index in [9.17, 15) is 18.1 Å². The van der Waals surface area contributed by atoms with E-state index in [0.29, 0.717) is 5.69 Å². The van der Waals surface area contributed by atoms with E-state index < -0.39 is 10.4 Å². The maximum atomic E-state index is 10.2. The number of azo groups is 1. The number of likely N-dealkylation sites (N-methyl/N-ethyl adjacent to an activating group) is 2. The van der Waals surface area contributed by atoms with Crippen molar-refractivity contribution in [3.05, 3.63) is 60.7 Å². The van der Waals surface area contributed by atoms with Crippen LogP contribution >= 0.6 is 0 Å². The quantitative estimate of drug-likeness (QED) is 0.238. The zero-order valence-corrected chi connectivity index (χ0v) is 20.3. The summed E-state index contributed by atoms with van der Waals surface area (Å²) in [5.74, 6) is 0.133. The van der Waals surface area contributed by atoms with Crippen molar-refractivity contribution in [2.45, 2.75) is 0 Å². The minimum atomic E-state index is -4.41. The van der Waals surface area contributed by atoms with Gasteiger partial charge in [-0.1, -0.05) is 30.3 Å². The molecule has 0 saturated carbocycles. The SMILES string of the molecule is CN(CC[N+](C)(C)C)c1ccc(N=Nc2c(O)ccc3ccccc23)cc1.COS(=O)(=O)[O-]. The molecule has 0 unspecified atom stereocenters. The Kier molecular flexibility index (Phi) is 8.89. The number of aromatic hydroxyl groups is 1. The number of anilines is 1. The molecule has 1 N–H and O–H groups in total. The van der Waals surface area contributed by atoms with Crippen molar-refractivity contribution >= 4 is 38.2 Å². The number of hydrogen-bond donors (Lipinski definition) is 1. The fraction of sp³-hybridized carbons (Fsp3) is 0.304. The Hall–Kier alpha value is -3.05. The largest absolute Gasteiger partial charge is 0.726 e. The first-order valence-electron chi connectivity index (χ1n) is 10.2. The van der Waals surface area contributed by atoms with Crippen LogP contribution in [0.2, 0.25) is 0 Å². The number of quaternary nitrogens is 1. The number of phenolic OH excluding ortho intramolecular Hbond substituents is 1. The minimum absolute atomic E-state index is 0.133. The lowest BCUT2D eigenvalue weighted by molar-refractivity contribution is -0.868. The zero-order chi connectivity index (χ0) is 24.6. The number of hydrogen-bond acceptors (Lipinski definition) is 8. The van der Waals surface area contributed by atoms with Crippen molar-refractivity contribution in [3.63, 3.8) is 0 Å². The maximum Gasteiger partial charge on any atom is 0.217 e. The summed E-state index contributed by atoms with van der Waals surface area (Å²) in [6.07, 6.45) is 0. The van der Waals surface area contributed by atoms with Gasteiger partial charge in [0, 0.05) is 18.1 Å². The summed E-state index contributed by atoms with van der Waals surface area (Å²) < 4.78 is 32.0. The zero-order valence-electron chi connectivity index (χ0n) is 19.5. The third-order valence-corrected chi connectivity index (χ3v) is 5.15. The van der Waals surface area contributed by atoms with Crippen LogP contribution in [-0.2, 0) is 14.6 Å². The van der Waals surface area contributed by atoms with Crippen molar-refractivity contribution < 1.29 is 26.7 Å². The second-order valence-electron chi connectivity index (χ2n) is 8.38. The van der Waals surface area contributed by atoms with E-state index in [0.717, 1.165) is 46.8 Å². The van der Waals surface area contributed by atoms with Gasteiger partial charge < -0.3 is 19.0 Å². The first-order chi connectivity index (χ1) is 15.4. The second kappa shape index (κ2) is 11.2. The molecule has 178 valence electrons. The topological polar surface area (TPSA) is 115 Å². The van der Waals surface area contributed by atoms with Crippen molar-refractivity contribution in [1.29, 1.82) is 0 Å². The number of benzene rings is 3. The maximum absolute atomic E-state index is 10.2. The molecule has 0 aliphatic rings. The third kappa shape index (κ3) is 8.78. The molecule has 3 aromatic carbocycles. The molecule has 0 amide bonds. The van der Waals surface area contributed by atoms with Gasteiger partial charge in [0.25, 0.3) is 0 Å². The number of phenols is 1. The molecule has 0 radical (unpaired) electrons. The predicted octanol–water partition coefficient (Wildman–Crippen LogP) is 4.20. The molecule has 3 aromatic rings. The standard InChI is InChI=1S/C22H26N4O.CH4O4S/c1-25(15-16-26(2,3)4)19-12-10-18(11-13-19)23-24-22-20-8-6-5-7-17(20)9-14-21(22)27;1-5-6(2,3)4/h5-14H,15-16H2,1-4H3;1H3,(H,2,3,4). The lowest BCUT2D eigenvalue weighted by Gasteiger charge is -2.28. The molecular formula is C23H30N4O5S. The molecule has 0 bridgehead atoms. The average molecular weight is 475 g/mol. The van der Waals surface area contributed by atoms with Crippen LogP contribution in [0.25, 0.3) is 10.8 Å². The van der Waals surface area contributed by atoms with Crippen LogP contribution in [0.5, 0.6) is 5.75 Å². The summed E-state index contributed by atoms with van der Waals surface area (Å²) in [6.45, 7) is 2.05. The molecule has 9 nitrogen and oxygen atoms in total. The number of nitrogens with zero attached hydrogens (tertiary/aromatic N) is 4. The summed E-state index contributed by atoms with van der Waals surface area (Å²) in [4.78, 5) is 2.24. The van der Waals surface area contributed by atoms with Crippen molar-refractivity contribution in [2.75, 3.05) is 53.3 Å². The van der Waals surface area contributed by atoms with Gasteiger partial charge in [0.2, 0.25) is 10.4 Å². The Bertz CT molecular complexity index is 1190. The first-order valence-corrected chi connectivity index (χ1v) is 11.5. The Labute approximate surface area is 195 Å². The van der Waals surface area contributed by atoms with Crippen LogP contribution in [0.1, 0.15) is 0 Å². The van der Waals surface area contributed by atoms with E-state index in [-0.39, 0.29) is 5.75 Å². The number of rotatable bonds is 7. The molecule has 3 rings (SSSR count). The average Bonchev–Trinajstić information content (AvgIpc) is 2.76. The summed E-state index contributed by atoms with van der Waals surface area (Å²) in [6, 6.07) is 19.4. The van der Waals surface area contributed by atoms with Gasteiger partial charge in [-0.15, -0.1) is 5.11 Å². The number of fused-ring (bicyclic) bond motifs is 1. The van der Waals surface area contributed by atoms with Crippen molar-refractivity contribution in [2.24, 2.45) is 10.2 Å². The fourth-order valence-electron chi connectivity index (χ4n) is 2.81. The molecule has 10 heteroatoms. The molecule has 33 heavy (non-hydrogen) atoms. The highest BCUT2D eigenvalue weighted by atomic mass is 32.3. The first kappa shape index (κ1) is 26.2. The van der Waals surface area contributed by atoms with E-state index in [2.05, 4.69) is 47.5 Å². The smallest absolute Gasteiger partial charge is 0.217 e. The summed E-state index contributed by atoms with van der Waals surface area (Å²) in [5.41, 5.74) is 2.40. The molecule has 0 spiro atoms. The highest BCUT2D eigenvalue weighted by molar-refractivity contribution is 7.80.